The van der Waals surface area contributed by atoms with E-state index < -0.39 is 0 Å². The molecular weight excluding hydrogens is 409 g/mol. The number of rotatable bonds is 4. The molecule has 4 rings (SSSR count). The van der Waals surface area contributed by atoms with Gasteiger partial charge in [0.05, 0.1) is 0 Å². The zero-order valence-electron chi connectivity index (χ0n) is 15.6. The Bertz CT molecular complexity index is 1050. The van der Waals surface area contributed by atoms with Crippen LogP contribution in [-0.2, 0) is 4.79 Å². The number of amides is 1. The number of carbonyl (C=O) groups excluding carboxylic acids is 1. The molecule has 1 aliphatic heterocycles. The topological polar surface area (TPSA) is 46.1 Å². The Morgan fingerprint density at radius 1 is 1.17 bits per heavy atom. The first kappa shape index (κ1) is 19.7. The smallest absolute Gasteiger partial charge is 0.246 e. The Morgan fingerprint density at radius 2 is 1.97 bits per heavy atom. The van der Waals surface area contributed by atoms with Crippen molar-refractivity contribution >= 4 is 34.9 Å². The van der Waals surface area contributed by atoms with Crippen LogP contribution in [0.5, 0.6) is 0 Å². The molecule has 0 N–H and O–H groups in total. The molecule has 7 heteroatoms. The molecule has 1 saturated heterocycles. The molecule has 1 amide bonds. The minimum absolute atomic E-state index is 0.0477. The van der Waals surface area contributed by atoms with Gasteiger partial charge in [0.2, 0.25) is 5.91 Å². The van der Waals surface area contributed by atoms with Gasteiger partial charge in [0.1, 0.15) is 10.8 Å². The molecule has 1 fully saturated rings. The fourth-order valence-electron chi connectivity index (χ4n) is 3.40. The molecule has 29 heavy (non-hydrogen) atoms. The third-order valence-electron chi connectivity index (χ3n) is 4.94. The van der Waals surface area contributed by atoms with Gasteiger partial charge in [-0.15, -0.1) is 10.2 Å². The van der Waals surface area contributed by atoms with Crippen LogP contribution in [0.4, 0.5) is 4.39 Å². The molecule has 2 aromatic carbocycles. The van der Waals surface area contributed by atoms with Crippen molar-refractivity contribution in [3.63, 3.8) is 0 Å². The first-order valence-corrected chi connectivity index (χ1v) is 10.6. The molecule has 0 bridgehead atoms. The van der Waals surface area contributed by atoms with Crippen molar-refractivity contribution in [2.75, 3.05) is 13.1 Å². The molecule has 4 nitrogen and oxygen atoms in total. The zero-order valence-corrected chi connectivity index (χ0v) is 17.2. The molecule has 1 aliphatic rings. The van der Waals surface area contributed by atoms with Crippen molar-refractivity contribution in [1.82, 2.24) is 15.1 Å². The van der Waals surface area contributed by atoms with Gasteiger partial charge in [-0.25, -0.2) is 4.39 Å². The second-order valence-corrected chi connectivity index (χ2v) is 8.32. The molecule has 0 saturated carbocycles. The molecule has 0 unspecified atom stereocenters. The van der Waals surface area contributed by atoms with Crippen LogP contribution in [0, 0.1) is 5.82 Å². The first-order valence-electron chi connectivity index (χ1n) is 9.41. The highest BCUT2D eigenvalue weighted by Crippen LogP contribution is 2.33. The van der Waals surface area contributed by atoms with E-state index in [0.29, 0.717) is 28.7 Å². The van der Waals surface area contributed by atoms with E-state index in [9.17, 15) is 9.18 Å². The van der Waals surface area contributed by atoms with E-state index in [-0.39, 0.29) is 17.6 Å². The number of carbonyl (C=O) groups is 1. The third kappa shape index (κ3) is 4.54. The minimum atomic E-state index is -0.305. The average molecular weight is 428 g/mol. The summed E-state index contributed by atoms with van der Waals surface area (Å²) in [6, 6.07) is 14.0. The molecule has 0 aliphatic carbocycles. The summed E-state index contributed by atoms with van der Waals surface area (Å²) in [5.41, 5.74) is 1.28. The van der Waals surface area contributed by atoms with Gasteiger partial charge < -0.3 is 4.90 Å². The lowest BCUT2D eigenvalue weighted by Gasteiger charge is -2.30. The number of piperidine rings is 1. The number of hydrogen-bond donors (Lipinski definition) is 0. The standard InChI is InChI=1S/C22H19ClFN3OS/c23-18-9-3-1-6-15(18)11-12-20(28)27-13-5-7-16(14-27)21-25-26-22(29-21)17-8-2-4-10-19(17)24/h1-4,6,8-12,16H,5,7,13-14H2/b12-11+/t16-/m0/s1. The lowest BCUT2D eigenvalue weighted by molar-refractivity contribution is -0.127. The summed E-state index contributed by atoms with van der Waals surface area (Å²) in [6.45, 7) is 1.29. The van der Waals surface area contributed by atoms with Crippen LogP contribution in [0.25, 0.3) is 16.6 Å². The molecule has 148 valence electrons. The maximum atomic E-state index is 14.0. The Labute approximate surface area is 177 Å². The Kier molecular flexibility index (Phi) is 6.02. The van der Waals surface area contributed by atoms with Gasteiger partial charge in [-0.3, -0.25) is 4.79 Å². The molecule has 3 aromatic rings. The number of halogens is 2. The molecule has 1 atom stereocenters. The van der Waals surface area contributed by atoms with E-state index in [1.165, 1.54) is 17.4 Å². The van der Waals surface area contributed by atoms with Crippen LogP contribution in [-0.4, -0.2) is 34.1 Å². The maximum Gasteiger partial charge on any atom is 0.246 e. The molecular formula is C22H19ClFN3OS. The van der Waals surface area contributed by atoms with Gasteiger partial charge in [0.15, 0.2) is 5.01 Å². The van der Waals surface area contributed by atoms with Crippen LogP contribution in [0.2, 0.25) is 5.02 Å². The van der Waals surface area contributed by atoms with Crippen molar-refractivity contribution in [3.8, 4) is 10.6 Å². The van der Waals surface area contributed by atoms with Gasteiger partial charge in [0.25, 0.3) is 0 Å². The number of aromatic nitrogens is 2. The minimum Gasteiger partial charge on any atom is -0.338 e. The monoisotopic (exact) mass is 427 g/mol. The van der Waals surface area contributed by atoms with Gasteiger partial charge in [-0.1, -0.05) is 53.3 Å². The summed E-state index contributed by atoms with van der Waals surface area (Å²) in [7, 11) is 0. The first-order chi connectivity index (χ1) is 14.1. The van der Waals surface area contributed by atoms with E-state index in [4.69, 9.17) is 11.6 Å². The molecule has 2 heterocycles. The number of likely N-dealkylation sites (tertiary alicyclic amines) is 1. The van der Waals surface area contributed by atoms with Crippen LogP contribution < -0.4 is 0 Å². The van der Waals surface area contributed by atoms with Crippen LogP contribution in [0.1, 0.15) is 29.3 Å². The lowest BCUT2D eigenvalue weighted by Crippen LogP contribution is -2.38. The number of benzene rings is 2. The normalized spacial score (nSPS) is 17.0. The van der Waals surface area contributed by atoms with Gasteiger partial charge in [-0.05, 0) is 42.7 Å². The fourth-order valence-corrected chi connectivity index (χ4v) is 4.59. The predicted octanol–water partition coefficient (Wildman–Crippen LogP) is 5.42. The molecule has 1 aromatic heterocycles. The second kappa shape index (κ2) is 8.84. The average Bonchev–Trinajstić information content (AvgIpc) is 3.23. The highest BCUT2D eigenvalue weighted by molar-refractivity contribution is 7.14. The number of nitrogens with zero attached hydrogens (tertiary/aromatic N) is 3. The van der Waals surface area contributed by atoms with Crippen molar-refractivity contribution in [1.29, 1.82) is 0 Å². The third-order valence-corrected chi connectivity index (χ3v) is 6.40. The second-order valence-electron chi connectivity index (χ2n) is 6.90. The summed E-state index contributed by atoms with van der Waals surface area (Å²) >= 11 is 7.54. The summed E-state index contributed by atoms with van der Waals surface area (Å²) < 4.78 is 14.0. The Hall–Kier alpha value is -2.57. The lowest BCUT2D eigenvalue weighted by atomic mass is 9.98. The van der Waals surface area contributed by atoms with Crippen LogP contribution >= 0.6 is 22.9 Å². The zero-order chi connectivity index (χ0) is 20.2. The van der Waals surface area contributed by atoms with Crippen LogP contribution in [0.15, 0.2) is 54.6 Å². The predicted molar refractivity (Wildman–Crippen MR) is 114 cm³/mol. The summed E-state index contributed by atoms with van der Waals surface area (Å²) in [4.78, 5) is 14.5. The van der Waals surface area contributed by atoms with E-state index >= 15 is 0 Å². The van der Waals surface area contributed by atoms with Gasteiger partial charge in [-0.2, -0.15) is 0 Å². The Balaban J connectivity index is 1.45. The maximum absolute atomic E-state index is 14.0. The van der Waals surface area contributed by atoms with Crippen molar-refractivity contribution in [2.24, 2.45) is 0 Å². The largest absolute Gasteiger partial charge is 0.338 e. The highest BCUT2D eigenvalue weighted by atomic mass is 35.5. The van der Waals surface area contributed by atoms with Crippen molar-refractivity contribution < 1.29 is 9.18 Å². The van der Waals surface area contributed by atoms with Crippen LogP contribution in [0.3, 0.4) is 0 Å². The van der Waals surface area contributed by atoms with E-state index in [1.54, 1.807) is 36.4 Å². The molecule has 0 spiro atoms. The van der Waals surface area contributed by atoms with Gasteiger partial charge in [0, 0.05) is 35.7 Å². The SMILES string of the molecule is O=C(/C=C/c1ccccc1Cl)N1CCC[C@H](c2nnc(-c3ccccc3F)s2)C1. The Morgan fingerprint density at radius 3 is 2.79 bits per heavy atom. The van der Waals surface area contributed by atoms with E-state index in [2.05, 4.69) is 10.2 Å². The fraction of sp³-hybridized carbons (Fsp3) is 0.227. The summed E-state index contributed by atoms with van der Waals surface area (Å²) in [6.07, 6.45) is 5.14. The van der Waals surface area contributed by atoms with E-state index in [1.807, 2.05) is 23.1 Å². The molecule has 0 radical (unpaired) electrons. The van der Waals surface area contributed by atoms with Gasteiger partial charge >= 0.3 is 0 Å². The quantitative estimate of drug-likeness (QED) is 0.522. The number of hydrogen-bond acceptors (Lipinski definition) is 4. The van der Waals surface area contributed by atoms with Crippen molar-refractivity contribution in [3.05, 3.63) is 76.0 Å². The summed E-state index contributed by atoms with van der Waals surface area (Å²) in [5.74, 6) is -0.242. The van der Waals surface area contributed by atoms with E-state index in [0.717, 1.165) is 23.4 Å². The van der Waals surface area contributed by atoms with Crippen molar-refractivity contribution in [2.45, 2.75) is 18.8 Å². The summed E-state index contributed by atoms with van der Waals surface area (Å²) in [5, 5.41) is 10.5. The highest BCUT2D eigenvalue weighted by Gasteiger charge is 2.26.